The lowest BCUT2D eigenvalue weighted by atomic mass is 10.3. The zero-order valence-electron chi connectivity index (χ0n) is 13.5. The van der Waals surface area contributed by atoms with Crippen LogP contribution >= 0.6 is 23.1 Å². The van der Waals surface area contributed by atoms with Crippen LogP contribution in [0.3, 0.4) is 0 Å². The van der Waals surface area contributed by atoms with Crippen LogP contribution in [0, 0.1) is 0 Å². The lowest BCUT2D eigenvalue weighted by Crippen LogP contribution is -2.20. The van der Waals surface area contributed by atoms with Crippen molar-refractivity contribution in [3.63, 3.8) is 0 Å². The molecule has 0 atom stereocenters. The molecular formula is C15H14N4O4S3. The van der Waals surface area contributed by atoms with Crippen molar-refractivity contribution in [2.45, 2.75) is 10.1 Å². The first kappa shape index (κ1) is 18.6. The SMILES string of the molecule is Cn1c(SCC(=O)Nc2ccc(S(N)(=O)=O)cc2)nc2sccc2c1=O. The highest BCUT2D eigenvalue weighted by Crippen LogP contribution is 2.21. The highest BCUT2D eigenvalue weighted by molar-refractivity contribution is 7.99. The van der Waals surface area contributed by atoms with E-state index < -0.39 is 10.0 Å². The molecule has 0 aliphatic heterocycles. The second-order valence-corrected chi connectivity index (χ2v) is 8.70. The summed E-state index contributed by atoms with van der Waals surface area (Å²) in [5, 5.41) is 10.5. The van der Waals surface area contributed by atoms with Crippen LogP contribution in [0.1, 0.15) is 0 Å². The molecule has 1 aromatic carbocycles. The fourth-order valence-corrected chi connectivity index (χ4v) is 4.26. The van der Waals surface area contributed by atoms with E-state index in [0.29, 0.717) is 21.1 Å². The second-order valence-electron chi connectivity index (χ2n) is 5.30. The van der Waals surface area contributed by atoms with Crippen LogP contribution in [-0.4, -0.2) is 29.6 Å². The van der Waals surface area contributed by atoms with Gasteiger partial charge in [-0.3, -0.25) is 14.2 Å². The maximum atomic E-state index is 12.2. The van der Waals surface area contributed by atoms with E-state index in [4.69, 9.17) is 5.14 Å². The van der Waals surface area contributed by atoms with Crippen molar-refractivity contribution in [3.05, 3.63) is 46.1 Å². The molecule has 11 heteroatoms. The zero-order chi connectivity index (χ0) is 18.9. The molecule has 8 nitrogen and oxygen atoms in total. The molecule has 0 aliphatic carbocycles. The first-order valence-electron chi connectivity index (χ1n) is 7.25. The maximum Gasteiger partial charge on any atom is 0.262 e. The monoisotopic (exact) mass is 410 g/mol. The van der Waals surface area contributed by atoms with Gasteiger partial charge in [0.15, 0.2) is 5.16 Å². The van der Waals surface area contributed by atoms with Gasteiger partial charge in [0.05, 0.1) is 16.0 Å². The van der Waals surface area contributed by atoms with Crippen LogP contribution in [0.15, 0.2) is 50.6 Å². The smallest absolute Gasteiger partial charge is 0.262 e. The lowest BCUT2D eigenvalue weighted by Gasteiger charge is -2.08. The minimum Gasteiger partial charge on any atom is -0.325 e. The van der Waals surface area contributed by atoms with Crippen LogP contribution < -0.4 is 16.0 Å². The topological polar surface area (TPSA) is 124 Å². The van der Waals surface area contributed by atoms with Gasteiger partial charge in [0.25, 0.3) is 5.56 Å². The number of hydrogen-bond donors (Lipinski definition) is 2. The van der Waals surface area contributed by atoms with Crippen molar-refractivity contribution in [1.29, 1.82) is 0 Å². The average Bonchev–Trinajstić information content (AvgIpc) is 3.05. The maximum absolute atomic E-state index is 12.2. The Morgan fingerprint density at radius 3 is 2.65 bits per heavy atom. The summed E-state index contributed by atoms with van der Waals surface area (Å²) in [6.07, 6.45) is 0. The van der Waals surface area contributed by atoms with E-state index in [-0.39, 0.29) is 22.1 Å². The molecule has 0 saturated carbocycles. The van der Waals surface area contributed by atoms with E-state index in [0.717, 1.165) is 11.8 Å². The summed E-state index contributed by atoms with van der Waals surface area (Å²) in [5.74, 6) is -0.257. The van der Waals surface area contributed by atoms with Crippen LogP contribution in [0.4, 0.5) is 5.69 Å². The van der Waals surface area contributed by atoms with Crippen molar-refractivity contribution in [2.24, 2.45) is 12.2 Å². The van der Waals surface area contributed by atoms with Crippen LogP contribution in [-0.2, 0) is 21.9 Å². The van der Waals surface area contributed by atoms with Crippen molar-refractivity contribution in [1.82, 2.24) is 9.55 Å². The highest BCUT2D eigenvalue weighted by atomic mass is 32.2. The second kappa shape index (κ2) is 7.19. The molecule has 0 aliphatic rings. The summed E-state index contributed by atoms with van der Waals surface area (Å²) in [5.41, 5.74) is 0.288. The molecule has 1 amide bonds. The molecule has 26 heavy (non-hydrogen) atoms. The summed E-state index contributed by atoms with van der Waals surface area (Å²) in [4.78, 5) is 29.3. The van der Waals surface area contributed by atoms with Crippen molar-refractivity contribution < 1.29 is 13.2 Å². The molecule has 0 spiro atoms. The number of thiophene rings is 1. The van der Waals surface area contributed by atoms with E-state index >= 15 is 0 Å². The normalized spacial score (nSPS) is 11.6. The van der Waals surface area contributed by atoms with Crippen molar-refractivity contribution in [3.8, 4) is 0 Å². The molecule has 3 N–H and O–H groups in total. The number of carbonyl (C=O) groups excluding carboxylic acids is 1. The first-order chi connectivity index (χ1) is 12.3. The Kier molecular flexibility index (Phi) is 5.14. The number of amides is 1. The molecule has 0 unspecified atom stereocenters. The molecule has 3 aromatic rings. The summed E-state index contributed by atoms with van der Waals surface area (Å²) < 4.78 is 23.8. The van der Waals surface area contributed by atoms with Gasteiger partial charge in [-0.2, -0.15) is 0 Å². The number of sulfonamides is 1. The van der Waals surface area contributed by atoms with Gasteiger partial charge in [-0.05, 0) is 35.7 Å². The largest absolute Gasteiger partial charge is 0.325 e. The number of rotatable bonds is 5. The van der Waals surface area contributed by atoms with Crippen LogP contribution in [0.5, 0.6) is 0 Å². The van der Waals surface area contributed by atoms with Gasteiger partial charge in [0, 0.05) is 12.7 Å². The summed E-state index contributed by atoms with van der Waals surface area (Å²) in [7, 11) is -2.16. The lowest BCUT2D eigenvalue weighted by molar-refractivity contribution is -0.113. The Labute approximate surface area is 157 Å². The number of nitrogens with two attached hydrogens (primary N) is 1. The van der Waals surface area contributed by atoms with E-state index in [1.165, 1.54) is 40.2 Å². The van der Waals surface area contributed by atoms with Crippen LogP contribution in [0.2, 0.25) is 0 Å². The summed E-state index contributed by atoms with van der Waals surface area (Å²) >= 11 is 2.51. The minimum atomic E-state index is -3.77. The molecular weight excluding hydrogens is 396 g/mol. The summed E-state index contributed by atoms with van der Waals surface area (Å²) in [6.45, 7) is 0. The number of fused-ring (bicyclic) bond motifs is 1. The number of aromatic nitrogens is 2. The molecule has 2 aromatic heterocycles. The predicted molar refractivity (Wildman–Crippen MR) is 102 cm³/mol. The van der Waals surface area contributed by atoms with Gasteiger partial charge in [0.2, 0.25) is 15.9 Å². The highest BCUT2D eigenvalue weighted by Gasteiger charge is 2.12. The Hall–Kier alpha value is -2.21. The number of primary sulfonamides is 1. The molecule has 0 fully saturated rings. The fourth-order valence-electron chi connectivity index (χ4n) is 2.16. The Morgan fingerprint density at radius 1 is 1.31 bits per heavy atom. The average molecular weight is 411 g/mol. The third-order valence-corrected chi connectivity index (χ3v) is 6.23. The standard InChI is InChI=1S/C15H14N4O4S3/c1-19-14(21)11-6-7-24-13(11)18-15(19)25-8-12(20)17-9-2-4-10(5-3-9)26(16,22)23/h2-7H,8H2,1H3,(H,17,20)(H2,16,22,23). The van der Waals surface area contributed by atoms with Crippen molar-refractivity contribution >= 4 is 54.9 Å². The van der Waals surface area contributed by atoms with E-state index in [1.807, 2.05) is 0 Å². The number of anilines is 1. The van der Waals surface area contributed by atoms with E-state index in [1.54, 1.807) is 18.5 Å². The third kappa shape index (κ3) is 3.96. The number of hydrogen-bond acceptors (Lipinski definition) is 7. The number of carbonyl (C=O) groups is 1. The van der Waals surface area contributed by atoms with E-state index in [2.05, 4.69) is 10.3 Å². The van der Waals surface area contributed by atoms with E-state index in [9.17, 15) is 18.0 Å². The molecule has 0 radical (unpaired) electrons. The van der Waals surface area contributed by atoms with Gasteiger partial charge in [-0.15, -0.1) is 11.3 Å². The minimum absolute atomic E-state index is 0.0340. The van der Waals surface area contributed by atoms with Gasteiger partial charge < -0.3 is 5.32 Å². The predicted octanol–water partition coefficient (Wildman–Crippen LogP) is 1.37. The molecule has 136 valence electrons. The van der Waals surface area contributed by atoms with Crippen molar-refractivity contribution in [2.75, 3.05) is 11.1 Å². The quantitative estimate of drug-likeness (QED) is 0.484. The Morgan fingerprint density at radius 2 is 2.00 bits per heavy atom. The van der Waals surface area contributed by atoms with Gasteiger partial charge in [-0.1, -0.05) is 11.8 Å². The fraction of sp³-hybridized carbons (Fsp3) is 0.133. The zero-order valence-corrected chi connectivity index (χ0v) is 16.0. The number of nitrogens with zero attached hydrogens (tertiary/aromatic N) is 2. The first-order valence-corrected chi connectivity index (χ1v) is 10.7. The van der Waals surface area contributed by atoms with Gasteiger partial charge >= 0.3 is 0 Å². The van der Waals surface area contributed by atoms with Gasteiger partial charge in [-0.25, -0.2) is 18.5 Å². The molecule has 3 rings (SSSR count). The van der Waals surface area contributed by atoms with Gasteiger partial charge in [0.1, 0.15) is 4.83 Å². The Bertz CT molecular complexity index is 1130. The summed E-state index contributed by atoms with van der Waals surface area (Å²) in [6, 6.07) is 7.26. The Balaban J connectivity index is 1.68. The molecule has 0 bridgehead atoms. The number of benzene rings is 1. The number of thioether (sulfide) groups is 1. The molecule has 0 saturated heterocycles. The number of nitrogens with one attached hydrogen (secondary N) is 1. The third-order valence-electron chi connectivity index (χ3n) is 3.46. The molecule has 2 heterocycles. The van der Waals surface area contributed by atoms with Crippen LogP contribution in [0.25, 0.3) is 10.2 Å².